The van der Waals surface area contributed by atoms with Crippen LogP contribution in [0.2, 0.25) is 0 Å². The van der Waals surface area contributed by atoms with E-state index in [-0.39, 0.29) is 4.90 Å². The third-order valence-electron chi connectivity index (χ3n) is 4.65. The lowest BCUT2D eigenvalue weighted by Crippen LogP contribution is -2.38. The Kier molecular flexibility index (Phi) is 5.00. The molecule has 0 aromatic carbocycles. The smallest absolute Gasteiger partial charge is 0.246 e. The Morgan fingerprint density at radius 2 is 1.96 bits per heavy atom. The largest absolute Gasteiger partial charge is 0.318 e. The zero-order chi connectivity index (χ0) is 17.2. The first-order valence-corrected chi connectivity index (χ1v) is 9.87. The van der Waals surface area contributed by atoms with E-state index in [1.165, 1.54) is 6.20 Å². The molecule has 0 spiro atoms. The monoisotopic (exact) mass is 352 g/mol. The minimum absolute atomic E-state index is 0.286. The maximum atomic E-state index is 12.7. The van der Waals surface area contributed by atoms with E-state index in [0.717, 1.165) is 31.6 Å². The van der Waals surface area contributed by atoms with Crippen molar-refractivity contribution in [1.82, 2.24) is 28.9 Å². The molecule has 9 heteroatoms. The van der Waals surface area contributed by atoms with Gasteiger partial charge in [-0.15, -0.1) is 10.2 Å². The molecule has 2 aromatic rings. The number of hydrogen-bond acceptors (Lipinski definition) is 5. The van der Waals surface area contributed by atoms with E-state index in [1.807, 2.05) is 11.5 Å². The number of rotatable bonds is 6. The highest BCUT2D eigenvalue weighted by molar-refractivity contribution is 7.89. The van der Waals surface area contributed by atoms with Gasteiger partial charge in [-0.3, -0.25) is 4.68 Å². The van der Waals surface area contributed by atoms with E-state index in [9.17, 15) is 8.42 Å². The minimum atomic E-state index is -3.43. The van der Waals surface area contributed by atoms with Gasteiger partial charge < -0.3 is 4.57 Å². The number of piperidine rings is 1. The maximum Gasteiger partial charge on any atom is 0.246 e. The van der Waals surface area contributed by atoms with Crippen LogP contribution in [0.1, 0.15) is 32.5 Å². The van der Waals surface area contributed by atoms with Crippen LogP contribution in [-0.2, 0) is 29.5 Å². The summed E-state index contributed by atoms with van der Waals surface area (Å²) in [7, 11) is -3.43. The summed E-state index contributed by atoms with van der Waals surface area (Å²) in [5.41, 5.74) is 0. The van der Waals surface area contributed by atoms with E-state index >= 15 is 0 Å². The van der Waals surface area contributed by atoms with Gasteiger partial charge in [0.2, 0.25) is 10.0 Å². The van der Waals surface area contributed by atoms with Crippen LogP contribution < -0.4 is 0 Å². The summed E-state index contributed by atoms with van der Waals surface area (Å²) < 4.78 is 30.6. The maximum absolute atomic E-state index is 12.7. The third kappa shape index (κ3) is 3.36. The number of sulfonamides is 1. The summed E-state index contributed by atoms with van der Waals surface area (Å²) in [4.78, 5) is 0.286. The van der Waals surface area contributed by atoms with Gasteiger partial charge in [0.25, 0.3) is 0 Å². The average molecular weight is 352 g/mol. The summed E-state index contributed by atoms with van der Waals surface area (Å²) in [6.45, 7) is 6.62. The Bertz CT molecular complexity index is 773. The second kappa shape index (κ2) is 7.02. The lowest BCUT2D eigenvalue weighted by molar-refractivity contribution is 0.269. The molecule has 1 fully saturated rings. The zero-order valence-electron chi connectivity index (χ0n) is 14.2. The molecule has 0 atom stereocenters. The molecule has 0 bridgehead atoms. The molecule has 1 aliphatic rings. The van der Waals surface area contributed by atoms with Crippen molar-refractivity contribution in [3.05, 3.63) is 24.5 Å². The molecule has 132 valence electrons. The molecule has 0 saturated carbocycles. The van der Waals surface area contributed by atoms with Crippen molar-refractivity contribution in [2.75, 3.05) is 13.1 Å². The fourth-order valence-corrected chi connectivity index (χ4v) is 4.54. The van der Waals surface area contributed by atoms with E-state index < -0.39 is 10.0 Å². The molecule has 0 N–H and O–H groups in total. The number of hydrogen-bond donors (Lipinski definition) is 0. The molecule has 24 heavy (non-hydrogen) atoms. The molecule has 0 unspecified atom stereocenters. The molecular formula is C15H24N6O2S. The Morgan fingerprint density at radius 3 is 2.58 bits per heavy atom. The first kappa shape index (κ1) is 17.1. The minimum Gasteiger partial charge on any atom is -0.318 e. The fraction of sp³-hybridized carbons (Fsp3) is 0.667. The van der Waals surface area contributed by atoms with Gasteiger partial charge in [0.1, 0.15) is 17.0 Å². The van der Waals surface area contributed by atoms with Crippen LogP contribution in [0.3, 0.4) is 0 Å². The van der Waals surface area contributed by atoms with Crippen molar-refractivity contribution >= 4 is 10.0 Å². The highest BCUT2D eigenvalue weighted by atomic mass is 32.2. The Labute approximate surface area is 142 Å². The van der Waals surface area contributed by atoms with Gasteiger partial charge in [0, 0.05) is 38.8 Å². The van der Waals surface area contributed by atoms with Crippen LogP contribution in [-0.4, -0.2) is 50.4 Å². The lowest BCUT2D eigenvalue weighted by Gasteiger charge is -2.30. The summed E-state index contributed by atoms with van der Waals surface area (Å²) in [5, 5.41) is 12.2. The van der Waals surface area contributed by atoms with Gasteiger partial charge in [-0.2, -0.15) is 9.40 Å². The van der Waals surface area contributed by atoms with E-state index in [2.05, 4.69) is 22.2 Å². The Morgan fingerprint density at radius 1 is 1.21 bits per heavy atom. The predicted octanol–water partition coefficient (Wildman–Crippen LogP) is 1.16. The molecule has 0 radical (unpaired) electrons. The Hall–Kier alpha value is -1.74. The summed E-state index contributed by atoms with van der Waals surface area (Å²) in [5.74, 6) is 1.44. The van der Waals surface area contributed by atoms with E-state index in [4.69, 9.17) is 0 Å². The third-order valence-corrected chi connectivity index (χ3v) is 6.50. The highest BCUT2D eigenvalue weighted by Gasteiger charge is 2.30. The molecular weight excluding hydrogens is 328 g/mol. The van der Waals surface area contributed by atoms with Crippen molar-refractivity contribution in [2.24, 2.45) is 5.92 Å². The molecule has 1 aliphatic heterocycles. The summed E-state index contributed by atoms with van der Waals surface area (Å²) in [6, 6.07) is 0. The van der Waals surface area contributed by atoms with Crippen molar-refractivity contribution in [3.63, 3.8) is 0 Å². The number of aromatic nitrogens is 5. The Balaban J connectivity index is 1.62. The molecule has 3 heterocycles. The fourth-order valence-electron chi connectivity index (χ4n) is 3.11. The average Bonchev–Trinajstić information content (AvgIpc) is 3.24. The molecule has 1 saturated heterocycles. The predicted molar refractivity (Wildman–Crippen MR) is 88.8 cm³/mol. The normalized spacial score (nSPS) is 17.4. The van der Waals surface area contributed by atoms with Gasteiger partial charge >= 0.3 is 0 Å². The van der Waals surface area contributed by atoms with E-state index in [0.29, 0.717) is 25.6 Å². The number of nitrogens with zero attached hydrogens (tertiary/aromatic N) is 6. The first-order chi connectivity index (χ1) is 11.5. The summed E-state index contributed by atoms with van der Waals surface area (Å²) >= 11 is 0. The zero-order valence-corrected chi connectivity index (χ0v) is 15.0. The lowest BCUT2D eigenvalue weighted by atomic mass is 9.94. The van der Waals surface area contributed by atoms with Gasteiger partial charge in [0.05, 0.1) is 6.20 Å². The van der Waals surface area contributed by atoms with Gasteiger partial charge in [-0.05, 0) is 32.6 Å². The van der Waals surface area contributed by atoms with Crippen LogP contribution in [0, 0.1) is 5.92 Å². The quantitative estimate of drug-likeness (QED) is 0.779. The molecule has 8 nitrogen and oxygen atoms in total. The van der Waals surface area contributed by atoms with Gasteiger partial charge in [0.15, 0.2) is 0 Å². The van der Waals surface area contributed by atoms with Crippen molar-refractivity contribution in [3.8, 4) is 0 Å². The second-order valence-electron chi connectivity index (χ2n) is 6.12. The van der Waals surface area contributed by atoms with Crippen molar-refractivity contribution in [2.45, 2.75) is 51.1 Å². The van der Waals surface area contributed by atoms with Gasteiger partial charge in [-0.1, -0.05) is 0 Å². The van der Waals surface area contributed by atoms with Gasteiger partial charge in [-0.25, -0.2) is 8.42 Å². The van der Waals surface area contributed by atoms with Crippen LogP contribution in [0.25, 0.3) is 0 Å². The molecule has 3 rings (SSSR count). The molecule has 2 aromatic heterocycles. The highest BCUT2D eigenvalue weighted by Crippen LogP contribution is 2.25. The standard InChI is InChI=1S/C15H24N6O2S/c1-3-19-12-16-18-15(19)9-13-5-7-21(8-6-13)24(22,23)14-10-17-20(4-2)11-14/h10-13H,3-9H2,1-2H3. The van der Waals surface area contributed by atoms with Crippen LogP contribution in [0.4, 0.5) is 0 Å². The van der Waals surface area contributed by atoms with Crippen molar-refractivity contribution in [1.29, 1.82) is 0 Å². The van der Waals surface area contributed by atoms with Crippen LogP contribution >= 0.6 is 0 Å². The second-order valence-corrected chi connectivity index (χ2v) is 8.05. The topological polar surface area (TPSA) is 85.9 Å². The molecule has 0 amide bonds. The van der Waals surface area contributed by atoms with Crippen LogP contribution in [0.5, 0.6) is 0 Å². The summed E-state index contributed by atoms with van der Waals surface area (Å²) in [6.07, 6.45) is 7.34. The SMILES string of the molecule is CCn1cc(S(=O)(=O)N2CCC(Cc3nncn3CC)CC2)cn1. The van der Waals surface area contributed by atoms with Crippen molar-refractivity contribution < 1.29 is 8.42 Å². The van der Waals surface area contributed by atoms with Crippen LogP contribution in [0.15, 0.2) is 23.6 Å². The molecule has 0 aliphatic carbocycles. The van der Waals surface area contributed by atoms with E-state index in [1.54, 1.807) is 21.5 Å². The first-order valence-electron chi connectivity index (χ1n) is 8.43. The number of aryl methyl sites for hydroxylation is 2.